The van der Waals surface area contributed by atoms with E-state index in [2.05, 4.69) is 23.1 Å². The van der Waals surface area contributed by atoms with Crippen LogP contribution in [-0.4, -0.2) is 23.5 Å². The largest absolute Gasteiger partial charge is 0.484 e. The monoisotopic (exact) mass is 371 g/mol. The Bertz CT molecular complexity index is 791. The van der Waals surface area contributed by atoms with Crippen molar-refractivity contribution in [1.29, 1.82) is 0 Å². The second-order valence-electron chi connectivity index (χ2n) is 5.61. The smallest absolute Gasteiger partial charge is 0.269 e. The Hall–Kier alpha value is -2.93. The van der Waals surface area contributed by atoms with E-state index in [-0.39, 0.29) is 17.6 Å². The molecule has 3 N–H and O–H groups in total. The van der Waals surface area contributed by atoms with Crippen molar-refractivity contribution < 1.29 is 14.3 Å². The lowest BCUT2D eigenvalue weighted by Crippen LogP contribution is -2.49. The summed E-state index contributed by atoms with van der Waals surface area (Å²) in [5.74, 6) is -0.173. The number of ether oxygens (including phenoxy) is 1. The zero-order valence-electron chi connectivity index (χ0n) is 14.7. The number of nitrogens with one attached hydrogen (secondary N) is 3. The lowest BCUT2D eigenvalue weighted by molar-refractivity contribution is -0.121. The van der Waals surface area contributed by atoms with Crippen LogP contribution in [0.4, 0.5) is 0 Å². The number of hydrogen-bond donors (Lipinski definition) is 3. The van der Waals surface area contributed by atoms with Crippen LogP contribution in [0.3, 0.4) is 0 Å². The average molecular weight is 371 g/mol. The molecule has 2 amide bonds. The van der Waals surface area contributed by atoms with Crippen LogP contribution in [0.1, 0.15) is 28.4 Å². The third-order valence-electron chi connectivity index (χ3n) is 3.52. The molecule has 2 aromatic carbocycles. The van der Waals surface area contributed by atoms with E-state index in [1.807, 2.05) is 37.3 Å². The van der Waals surface area contributed by atoms with Crippen molar-refractivity contribution in [3.63, 3.8) is 0 Å². The van der Waals surface area contributed by atoms with Gasteiger partial charge in [-0.25, -0.2) is 0 Å². The van der Waals surface area contributed by atoms with Gasteiger partial charge in [0.25, 0.3) is 11.8 Å². The molecule has 0 spiro atoms. The predicted octanol–water partition coefficient (Wildman–Crippen LogP) is 2.27. The van der Waals surface area contributed by atoms with E-state index in [9.17, 15) is 9.59 Å². The molecular weight excluding hydrogens is 350 g/mol. The molecule has 0 aliphatic carbocycles. The fraction of sp³-hybridized carbons (Fsp3) is 0.211. The van der Waals surface area contributed by atoms with Crippen LogP contribution >= 0.6 is 12.2 Å². The van der Waals surface area contributed by atoms with Crippen LogP contribution in [0.15, 0.2) is 48.5 Å². The summed E-state index contributed by atoms with van der Waals surface area (Å²) in [4.78, 5) is 23.8. The molecule has 0 aromatic heterocycles. The summed E-state index contributed by atoms with van der Waals surface area (Å²) in [5, 5.41) is 2.42. The number of carbonyl (C=O) groups is 2. The molecule has 0 saturated carbocycles. The van der Waals surface area contributed by atoms with Gasteiger partial charge in [0, 0.05) is 5.56 Å². The first-order valence-corrected chi connectivity index (χ1v) is 8.57. The van der Waals surface area contributed by atoms with Crippen LogP contribution in [-0.2, 0) is 11.2 Å². The summed E-state index contributed by atoms with van der Waals surface area (Å²) in [6.07, 6.45) is 0.939. The predicted molar refractivity (Wildman–Crippen MR) is 104 cm³/mol. The number of hydrazine groups is 1. The van der Waals surface area contributed by atoms with Gasteiger partial charge in [-0.2, -0.15) is 0 Å². The average Bonchev–Trinajstić information content (AvgIpc) is 2.65. The molecule has 2 rings (SSSR count). The van der Waals surface area contributed by atoms with Crippen molar-refractivity contribution >= 4 is 29.1 Å². The molecule has 0 bridgehead atoms. The fourth-order valence-corrected chi connectivity index (χ4v) is 2.30. The molecular formula is C19H21N3O3S. The summed E-state index contributed by atoms with van der Waals surface area (Å²) in [5.41, 5.74) is 7.57. The Balaban J connectivity index is 1.72. The molecule has 0 unspecified atom stereocenters. The molecule has 0 saturated heterocycles. The number of aryl methyl sites for hydroxylation is 2. The van der Waals surface area contributed by atoms with Crippen molar-refractivity contribution in [3.05, 3.63) is 65.2 Å². The first-order valence-electron chi connectivity index (χ1n) is 8.16. The number of benzene rings is 2. The van der Waals surface area contributed by atoms with Crippen molar-refractivity contribution in [2.75, 3.05) is 6.61 Å². The Morgan fingerprint density at radius 1 is 1.08 bits per heavy atom. The highest BCUT2D eigenvalue weighted by atomic mass is 32.1. The van der Waals surface area contributed by atoms with Gasteiger partial charge in [0.15, 0.2) is 11.7 Å². The van der Waals surface area contributed by atoms with Gasteiger partial charge in [0.05, 0.1) is 0 Å². The lowest BCUT2D eigenvalue weighted by Gasteiger charge is -2.11. The van der Waals surface area contributed by atoms with Gasteiger partial charge in [-0.05, 0) is 55.4 Å². The number of rotatable bonds is 5. The highest BCUT2D eigenvalue weighted by molar-refractivity contribution is 7.80. The van der Waals surface area contributed by atoms with Crippen LogP contribution in [0.2, 0.25) is 0 Å². The fourth-order valence-electron chi connectivity index (χ4n) is 2.14. The van der Waals surface area contributed by atoms with E-state index in [0.717, 1.165) is 12.0 Å². The Morgan fingerprint density at radius 2 is 1.81 bits per heavy atom. The minimum absolute atomic E-state index is 0.0130. The third-order valence-corrected chi connectivity index (χ3v) is 3.73. The van der Waals surface area contributed by atoms with Gasteiger partial charge in [0.1, 0.15) is 5.75 Å². The molecule has 0 aliphatic heterocycles. The number of hydrogen-bond acceptors (Lipinski definition) is 4. The van der Waals surface area contributed by atoms with Crippen molar-refractivity contribution in [1.82, 2.24) is 16.2 Å². The molecule has 0 heterocycles. The molecule has 136 valence electrons. The Kier molecular flexibility index (Phi) is 7.11. The van der Waals surface area contributed by atoms with Crippen molar-refractivity contribution in [3.8, 4) is 5.75 Å². The van der Waals surface area contributed by atoms with Gasteiger partial charge in [-0.15, -0.1) is 0 Å². The van der Waals surface area contributed by atoms with E-state index >= 15 is 0 Å². The molecule has 0 fully saturated rings. The maximum atomic E-state index is 12.0. The molecule has 6 nitrogen and oxygen atoms in total. The SMILES string of the molecule is CCc1ccc(OCC(=O)NC(=S)NNC(=O)c2cccc(C)c2)cc1. The number of thiocarbonyl (C=S) groups is 1. The quantitative estimate of drug-likeness (QED) is 0.555. The van der Waals surface area contributed by atoms with E-state index in [4.69, 9.17) is 17.0 Å². The summed E-state index contributed by atoms with van der Waals surface area (Å²) in [6.45, 7) is 3.78. The number of amides is 2. The zero-order chi connectivity index (χ0) is 18.9. The summed E-state index contributed by atoms with van der Waals surface area (Å²) < 4.78 is 5.39. The zero-order valence-corrected chi connectivity index (χ0v) is 15.5. The minimum Gasteiger partial charge on any atom is -0.484 e. The topological polar surface area (TPSA) is 79.5 Å². The first-order chi connectivity index (χ1) is 12.5. The van der Waals surface area contributed by atoms with Crippen LogP contribution in [0.25, 0.3) is 0 Å². The summed E-state index contributed by atoms with van der Waals surface area (Å²) >= 11 is 4.97. The van der Waals surface area contributed by atoms with Gasteiger partial charge in [0.2, 0.25) is 0 Å². The van der Waals surface area contributed by atoms with Crippen molar-refractivity contribution in [2.45, 2.75) is 20.3 Å². The Labute approximate surface area is 157 Å². The maximum Gasteiger partial charge on any atom is 0.269 e. The van der Waals surface area contributed by atoms with E-state index in [1.165, 1.54) is 5.56 Å². The van der Waals surface area contributed by atoms with Crippen molar-refractivity contribution in [2.24, 2.45) is 0 Å². The lowest BCUT2D eigenvalue weighted by atomic mass is 10.1. The van der Waals surface area contributed by atoms with Crippen LogP contribution < -0.4 is 20.9 Å². The van der Waals surface area contributed by atoms with E-state index in [0.29, 0.717) is 11.3 Å². The van der Waals surface area contributed by atoms with Crippen LogP contribution in [0, 0.1) is 6.92 Å². The molecule has 26 heavy (non-hydrogen) atoms. The highest BCUT2D eigenvalue weighted by Gasteiger charge is 2.08. The Morgan fingerprint density at radius 3 is 2.46 bits per heavy atom. The number of carbonyl (C=O) groups excluding carboxylic acids is 2. The molecule has 0 radical (unpaired) electrons. The van der Waals surface area contributed by atoms with E-state index in [1.54, 1.807) is 18.2 Å². The molecule has 7 heteroatoms. The third kappa shape index (κ3) is 6.18. The minimum atomic E-state index is -0.424. The second kappa shape index (κ2) is 9.53. The molecule has 2 aromatic rings. The first kappa shape index (κ1) is 19.4. The molecule has 0 atom stereocenters. The maximum absolute atomic E-state index is 12.0. The van der Waals surface area contributed by atoms with Gasteiger partial charge in [-0.3, -0.25) is 25.8 Å². The van der Waals surface area contributed by atoms with Gasteiger partial charge >= 0.3 is 0 Å². The second-order valence-corrected chi connectivity index (χ2v) is 6.02. The highest BCUT2D eigenvalue weighted by Crippen LogP contribution is 2.12. The standard InChI is InChI=1S/C19H21N3O3S/c1-3-14-7-9-16(10-8-14)25-12-17(23)20-19(26)22-21-18(24)15-6-4-5-13(2)11-15/h4-11H,3,12H2,1-2H3,(H,21,24)(H2,20,22,23,26). The van der Waals surface area contributed by atoms with Gasteiger partial charge < -0.3 is 4.74 Å². The summed E-state index contributed by atoms with van der Waals surface area (Å²) in [6, 6.07) is 14.6. The van der Waals surface area contributed by atoms with Crippen LogP contribution in [0.5, 0.6) is 5.75 Å². The van der Waals surface area contributed by atoms with E-state index < -0.39 is 5.91 Å². The molecule has 0 aliphatic rings. The van der Waals surface area contributed by atoms with Gasteiger partial charge in [-0.1, -0.05) is 36.8 Å². The normalized spacial score (nSPS) is 9.92. The summed E-state index contributed by atoms with van der Waals surface area (Å²) in [7, 11) is 0.